The van der Waals surface area contributed by atoms with Crippen LogP contribution in [0.2, 0.25) is 0 Å². The SMILES string of the molecule is Cc1c(NC(=O)c2ccc(C#CC3CC3)cc2)nnn1CC1OCC2(CC2)CO1. The first-order chi connectivity index (χ1) is 14.1. The molecule has 1 spiro atoms. The van der Waals surface area contributed by atoms with Gasteiger partial charge in [0.25, 0.3) is 5.91 Å². The average Bonchev–Trinajstić information content (AvgIpc) is 3.67. The summed E-state index contributed by atoms with van der Waals surface area (Å²) in [5.41, 5.74) is 2.52. The third-order valence-electron chi connectivity index (χ3n) is 5.79. The summed E-state index contributed by atoms with van der Waals surface area (Å²) < 4.78 is 13.3. The Labute approximate surface area is 169 Å². The molecule has 7 heteroatoms. The molecule has 0 unspecified atom stereocenters. The van der Waals surface area contributed by atoms with E-state index in [1.165, 1.54) is 25.7 Å². The van der Waals surface area contributed by atoms with Gasteiger partial charge in [-0.1, -0.05) is 17.1 Å². The van der Waals surface area contributed by atoms with E-state index in [1.54, 1.807) is 16.8 Å². The Kier molecular flexibility index (Phi) is 4.61. The highest BCUT2D eigenvalue weighted by Crippen LogP contribution is 2.48. The summed E-state index contributed by atoms with van der Waals surface area (Å²) in [4.78, 5) is 12.6. The van der Waals surface area contributed by atoms with Crippen LogP contribution in [0.4, 0.5) is 5.82 Å². The van der Waals surface area contributed by atoms with Gasteiger partial charge in [0.15, 0.2) is 12.1 Å². The third kappa shape index (κ3) is 4.19. The predicted molar refractivity (Wildman–Crippen MR) is 106 cm³/mol. The molecule has 150 valence electrons. The Morgan fingerprint density at radius 3 is 2.62 bits per heavy atom. The minimum absolute atomic E-state index is 0.220. The van der Waals surface area contributed by atoms with Crippen LogP contribution in [-0.2, 0) is 16.0 Å². The van der Waals surface area contributed by atoms with E-state index in [0.29, 0.717) is 23.8 Å². The van der Waals surface area contributed by atoms with E-state index in [9.17, 15) is 4.79 Å². The van der Waals surface area contributed by atoms with Crippen molar-refractivity contribution in [3.8, 4) is 11.8 Å². The molecule has 1 aromatic heterocycles. The third-order valence-corrected chi connectivity index (χ3v) is 5.79. The summed E-state index contributed by atoms with van der Waals surface area (Å²) in [7, 11) is 0. The Morgan fingerprint density at radius 2 is 1.97 bits per heavy atom. The second kappa shape index (κ2) is 7.29. The molecule has 1 saturated heterocycles. The van der Waals surface area contributed by atoms with Gasteiger partial charge in [0.05, 0.1) is 25.5 Å². The first-order valence-corrected chi connectivity index (χ1v) is 10.2. The number of hydrogen-bond donors (Lipinski definition) is 1. The maximum absolute atomic E-state index is 12.6. The van der Waals surface area contributed by atoms with Gasteiger partial charge in [-0.15, -0.1) is 5.10 Å². The number of rotatable bonds is 4. The van der Waals surface area contributed by atoms with E-state index in [0.717, 1.165) is 24.5 Å². The number of amides is 1. The van der Waals surface area contributed by atoms with Crippen LogP contribution in [0, 0.1) is 30.1 Å². The topological polar surface area (TPSA) is 78.3 Å². The molecule has 0 bridgehead atoms. The predicted octanol–water partition coefficient (Wildman–Crippen LogP) is 2.75. The summed E-state index contributed by atoms with van der Waals surface area (Å²) in [5, 5.41) is 11.1. The standard InChI is InChI=1S/C22H24N4O3/c1-15-20(24-25-26(15)12-19-28-13-22(10-11-22)14-29-19)23-21(27)18-8-6-17(7-9-18)5-4-16-2-3-16/h6-9,16,19H,2-3,10-14H2,1H3,(H,23,27). The molecule has 3 fully saturated rings. The van der Waals surface area contributed by atoms with E-state index < -0.39 is 0 Å². The fourth-order valence-electron chi connectivity index (χ4n) is 3.29. The number of hydrogen-bond acceptors (Lipinski definition) is 5. The Balaban J connectivity index is 1.19. The molecule has 1 aliphatic heterocycles. The van der Waals surface area contributed by atoms with Crippen LogP contribution in [-0.4, -0.2) is 40.4 Å². The van der Waals surface area contributed by atoms with Gasteiger partial charge in [0.2, 0.25) is 0 Å². The highest BCUT2D eigenvalue weighted by Gasteiger charge is 2.47. The zero-order valence-electron chi connectivity index (χ0n) is 16.5. The molecular weight excluding hydrogens is 368 g/mol. The molecule has 1 amide bonds. The number of carbonyl (C=O) groups excluding carboxylic acids is 1. The minimum Gasteiger partial charge on any atom is -0.350 e. The van der Waals surface area contributed by atoms with Crippen LogP contribution in [0.5, 0.6) is 0 Å². The maximum Gasteiger partial charge on any atom is 0.256 e. The molecule has 1 N–H and O–H groups in total. The molecule has 2 aliphatic carbocycles. The number of anilines is 1. The van der Waals surface area contributed by atoms with Crippen molar-refractivity contribution in [1.29, 1.82) is 0 Å². The Morgan fingerprint density at radius 1 is 1.24 bits per heavy atom. The average molecular weight is 392 g/mol. The monoisotopic (exact) mass is 392 g/mol. The van der Waals surface area contributed by atoms with E-state index in [1.807, 2.05) is 19.1 Å². The number of carbonyl (C=O) groups is 1. The highest BCUT2D eigenvalue weighted by atomic mass is 16.7. The lowest BCUT2D eigenvalue weighted by Crippen LogP contribution is -2.36. The molecule has 3 aliphatic rings. The van der Waals surface area contributed by atoms with Crippen LogP contribution >= 0.6 is 0 Å². The number of aromatic nitrogens is 3. The van der Waals surface area contributed by atoms with Crippen molar-refractivity contribution in [2.45, 2.75) is 45.4 Å². The van der Waals surface area contributed by atoms with Crippen molar-refractivity contribution >= 4 is 11.7 Å². The Bertz CT molecular complexity index is 968. The summed E-state index contributed by atoms with van der Waals surface area (Å²) >= 11 is 0. The summed E-state index contributed by atoms with van der Waals surface area (Å²) in [6.45, 7) is 3.82. The van der Waals surface area contributed by atoms with E-state index in [2.05, 4.69) is 27.5 Å². The van der Waals surface area contributed by atoms with Crippen molar-refractivity contribution in [2.24, 2.45) is 11.3 Å². The Hall–Kier alpha value is -2.69. The first kappa shape index (κ1) is 18.3. The second-order valence-corrected chi connectivity index (χ2v) is 8.33. The van der Waals surface area contributed by atoms with Gasteiger partial charge in [0.1, 0.15) is 0 Å². The molecule has 5 rings (SSSR count). The molecule has 29 heavy (non-hydrogen) atoms. The lowest BCUT2D eigenvalue weighted by molar-refractivity contribution is -0.213. The van der Waals surface area contributed by atoms with Gasteiger partial charge in [-0.2, -0.15) is 0 Å². The second-order valence-electron chi connectivity index (χ2n) is 8.33. The summed E-state index contributed by atoms with van der Waals surface area (Å²) in [6.07, 6.45) is 4.45. The number of nitrogens with zero attached hydrogens (tertiary/aromatic N) is 3. The maximum atomic E-state index is 12.6. The van der Waals surface area contributed by atoms with E-state index >= 15 is 0 Å². The summed E-state index contributed by atoms with van der Waals surface area (Å²) in [6, 6.07) is 7.31. The van der Waals surface area contributed by atoms with Crippen LogP contribution < -0.4 is 5.32 Å². The van der Waals surface area contributed by atoms with Crippen molar-refractivity contribution in [1.82, 2.24) is 15.0 Å². The van der Waals surface area contributed by atoms with Crippen LogP contribution in [0.3, 0.4) is 0 Å². The zero-order chi connectivity index (χ0) is 19.8. The lowest BCUT2D eigenvalue weighted by atomic mass is 10.1. The van der Waals surface area contributed by atoms with Crippen LogP contribution in [0.15, 0.2) is 24.3 Å². The van der Waals surface area contributed by atoms with Crippen molar-refractivity contribution < 1.29 is 14.3 Å². The first-order valence-electron chi connectivity index (χ1n) is 10.2. The van der Waals surface area contributed by atoms with Crippen molar-refractivity contribution in [3.63, 3.8) is 0 Å². The molecule has 7 nitrogen and oxygen atoms in total. The molecule has 2 saturated carbocycles. The summed E-state index contributed by atoms with van der Waals surface area (Å²) in [5.74, 6) is 7.16. The normalized spacial score (nSPS) is 20.2. The van der Waals surface area contributed by atoms with Crippen LogP contribution in [0.25, 0.3) is 0 Å². The van der Waals surface area contributed by atoms with Crippen LogP contribution in [0.1, 0.15) is 47.3 Å². The van der Waals surface area contributed by atoms with E-state index in [4.69, 9.17) is 9.47 Å². The van der Waals surface area contributed by atoms with Gasteiger partial charge in [-0.3, -0.25) is 4.79 Å². The minimum atomic E-state index is -0.325. The quantitative estimate of drug-likeness (QED) is 0.810. The largest absolute Gasteiger partial charge is 0.350 e. The van der Waals surface area contributed by atoms with Crippen molar-refractivity contribution in [2.75, 3.05) is 18.5 Å². The zero-order valence-corrected chi connectivity index (χ0v) is 16.5. The fraction of sp³-hybridized carbons (Fsp3) is 0.500. The number of nitrogens with one attached hydrogen (secondary N) is 1. The van der Waals surface area contributed by atoms with Gasteiger partial charge in [-0.05, 0) is 56.9 Å². The fourth-order valence-corrected chi connectivity index (χ4v) is 3.29. The van der Waals surface area contributed by atoms with Crippen molar-refractivity contribution in [3.05, 3.63) is 41.1 Å². The molecule has 0 atom stereocenters. The lowest BCUT2D eigenvalue weighted by Gasteiger charge is -2.29. The molecule has 0 radical (unpaired) electrons. The molecular formula is C22H24N4O3. The number of benzene rings is 1. The molecule has 1 aromatic carbocycles. The van der Waals surface area contributed by atoms with Gasteiger partial charge < -0.3 is 14.8 Å². The van der Waals surface area contributed by atoms with Gasteiger partial charge >= 0.3 is 0 Å². The van der Waals surface area contributed by atoms with Gasteiger partial charge in [-0.25, -0.2) is 4.68 Å². The number of ether oxygens (including phenoxy) is 2. The van der Waals surface area contributed by atoms with E-state index in [-0.39, 0.29) is 17.6 Å². The smallest absolute Gasteiger partial charge is 0.256 e. The molecule has 2 heterocycles. The molecule has 2 aromatic rings. The van der Waals surface area contributed by atoms with Gasteiger partial charge in [0, 0.05) is 22.5 Å². The highest BCUT2D eigenvalue weighted by molar-refractivity contribution is 6.04.